The lowest BCUT2D eigenvalue weighted by Crippen LogP contribution is -2.60. The van der Waals surface area contributed by atoms with Gasteiger partial charge in [0.15, 0.2) is 12.4 Å². The van der Waals surface area contributed by atoms with Gasteiger partial charge >= 0.3 is 0 Å². The Morgan fingerprint density at radius 3 is 2.61 bits per heavy atom. The fourth-order valence-electron chi connectivity index (χ4n) is 4.21. The van der Waals surface area contributed by atoms with Crippen LogP contribution in [-0.2, 0) is 9.53 Å². The molecule has 1 N–H and O–H groups in total. The van der Waals surface area contributed by atoms with Crippen LogP contribution in [0.25, 0.3) is 0 Å². The van der Waals surface area contributed by atoms with E-state index in [9.17, 15) is 9.59 Å². The van der Waals surface area contributed by atoms with Crippen LogP contribution in [0.3, 0.4) is 0 Å². The third-order valence-electron chi connectivity index (χ3n) is 5.76. The molecule has 0 unspecified atom stereocenters. The summed E-state index contributed by atoms with van der Waals surface area (Å²) in [5, 5.41) is 3.53. The molecule has 1 amide bonds. The lowest BCUT2D eigenvalue weighted by atomic mass is 9.79. The van der Waals surface area contributed by atoms with Crippen molar-refractivity contribution in [1.29, 1.82) is 0 Å². The Balaban J connectivity index is 1.57. The Morgan fingerprint density at radius 1 is 1.21 bits per heavy atom. The van der Waals surface area contributed by atoms with Gasteiger partial charge in [-0.1, -0.05) is 30.9 Å². The first kappa shape index (κ1) is 21.1. The van der Waals surface area contributed by atoms with Gasteiger partial charge < -0.3 is 14.8 Å². The van der Waals surface area contributed by atoms with Crippen LogP contribution in [0.5, 0.6) is 5.75 Å². The van der Waals surface area contributed by atoms with Crippen LogP contribution in [0.15, 0.2) is 18.2 Å². The van der Waals surface area contributed by atoms with Gasteiger partial charge in [-0.15, -0.1) is 0 Å². The molecule has 3 rings (SSSR count). The van der Waals surface area contributed by atoms with Crippen molar-refractivity contribution in [2.75, 3.05) is 39.5 Å². The third-order valence-corrected chi connectivity index (χ3v) is 6.00. The highest BCUT2D eigenvalue weighted by Gasteiger charge is 2.38. The monoisotopic (exact) mass is 408 g/mol. The second kappa shape index (κ2) is 9.72. The predicted octanol–water partition coefficient (Wildman–Crippen LogP) is 3.07. The maximum atomic E-state index is 12.4. The molecule has 1 aliphatic carbocycles. The molecule has 0 spiro atoms. The fourth-order valence-corrected chi connectivity index (χ4v) is 4.39. The predicted molar refractivity (Wildman–Crippen MR) is 108 cm³/mol. The Bertz CT molecular complexity index is 698. The van der Waals surface area contributed by atoms with E-state index in [1.807, 2.05) is 0 Å². The van der Waals surface area contributed by atoms with Crippen LogP contribution in [0.4, 0.5) is 0 Å². The summed E-state index contributed by atoms with van der Waals surface area (Å²) in [5.74, 6) is 0.0571. The number of amides is 1. The lowest BCUT2D eigenvalue weighted by molar-refractivity contribution is -0.124. The SMILES string of the molecule is CC(=O)c1cc(Cl)ccc1OCC(=O)NCC1(N2CCOCC2)CCCCC1. The van der Waals surface area contributed by atoms with Crippen molar-refractivity contribution in [1.82, 2.24) is 10.2 Å². The van der Waals surface area contributed by atoms with Gasteiger partial charge in [-0.05, 0) is 38.0 Å². The summed E-state index contributed by atoms with van der Waals surface area (Å²) in [6.45, 7) is 5.29. The van der Waals surface area contributed by atoms with Gasteiger partial charge in [0, 0.05) is 30.2 Å². The molecule has 1 aromatic rings. The molecule has 1 heterocycles. The number of ketones is 1. The first-order valence-corrected chi connectivity index (χ1v) is 10.4. The van der Waals surface area contributed by atoms with Crippen LogP contribution in [0, 0.1) is 0 Å². The Hall–Kier alpha value is -1.63. The van der Waals surface area contributed by atoms with E-state index in [1.165, 1.54) is 26.2 Å². The average Bonchev–Trinajstić information content (AvgIpc) is 2.72. The normalized spacial score (nSPS) is 19.8. The van der Waals surface area contributed by atoms with Gasteiger partial charge in [0.25, 0.3) is 5.91 Å². The van der Waals surface area contributed by atoms with E-state index in [1.54, 1.807) is 18.2 Å². The van der Waals surface area contributed by atoms with Gasteiger partial charge in [0.05, 0.1) is 18.8 Å². The molecule has 0 bridgehead atoms. The molecule has 28 heavy (non-hydrogen) atoms. The first-order valence-electron chi connectivity index (χ1n) is 10.0. The number of Topliss-reactive ketones (excluding diaryl/α,β-unsaturated/α-hetero) is 1. The maximum Gasteiger partial charge on any atom is 0.258 e. The van der Waals surface area contributed by atoms with Crippen molar-refractivity contribution in [2.24, 2.45) is 0 Å². The number of nitrogens with one attached hydrogen (secondary N) is 1. The minimum atomic E-state index is -0.178. The quantitative estimate of drug-likeness (QED) is 0.702. The Kier molecular flexibility index (Phi) is 7.32. The van der Waals surface area contributed by atoms with Crippen molar-refractivity contribution in [2.45, 2.75) is 44.6 Å². The molecule has 2 aliphatic rings. The number of benzene rings is 1. The van der Waals surface area contributed by atoms with Gasteiger partial charge in [0.2, 0.25) is 0 Å². The third kappa shape index (κ3) is 5.25. The summed E-state index contributed by atoms with van der Waals surface area (Å²) in [6, 6.07) is 4.84. The van der Waals surface area contributed by atoms with Crippen molar-refractivity contribution in [3.05, 3.63) is 28.8 Å². The van der Waals surface area contributed by atoms with Gasteiger partial charge in [-0.2, -0.15) is 0 Å². The lowest BCUT2D eigenvalue weighted by Gasteiger charge is -2.48. The van der Waals surface area contributed by atoms with E-state index in [0.717, 1.165) is 39.1 Å². The van der Waals surface area contributed by atoms with Crippen LogP contribution in [0.1, 0.15) is 49.4 Å². The zero-order valence-corrected chi connectivity index (χ0v) is 17.2. The number of morpholine rings is 1. The first-order chi connectivity index (χ1) is 13.5. The van der Waals surface area contributed by atoms with Crippen LogP contribution in [-0.4, -0.2) is 61.6 Å². The molecular weight excluding hydrogens is 380 g/mol. The smallest absolute Gasteiger partial charge is 0.258 e. The molecule has 154 valence electrons. The number of hydrogen-bond donors (Lipinski definition) is 1. The molecule has 0 atom stereocenters. The fraction of sp³-hybridized carbons (Fsp3) is 0.619. The highest BCUT2D eigenvalue weighted by atomic mass is 35.5. The zero-order chi connectivity index (χ0) is 20.0. The van der Waals surface area contributed by atoms with Crippen LogP contribution < -0.4 is 10.1 Å². The largest absolute Gasteiger partial charge is 0.483 e. The molecule has 1 aromatic carbocycles. The number of nitrogens with zero attached hydrogens (tertiary/aromatic N) is 1. The molecule has 2 fully saturated rings. The standard InChI is InChI=1S/C21H29ClN2O4/c1-16(25)18-13-17(22)5-6-19(18)28-14-20(26)23-15-21(7-3-2-4-8-21)24-9-11-27-12-10-24/h5-6,13H,2-4,7-12,14-15H2,1H3,(H,23,26). The number of halogens is 1. The molecule has 6 nitrogen and oxygen atoms in total. The van der Waals surface area contributed by atoms with E-state index >= 15 is 0 Å². The molecular formula is C21H29ClN2O4. The second-order valence-corrected chi connectivity index (χ2v) is 8.08. The molecule has 7 heteroatoms. The summed E-state index contributed by atoms with van der Waals surface area (Å²) in [7, 11) is 0. The minimum Gasteiger partial charge on any atom is -0.483 e. The number of carbonyl (C=O) groups excluding carboxylic acids is 2. The zero-order valence-electron chi connectivity index (χ0n) is 16.5. The molecule has 1 saturated heterocycles. The average molecular weight is 409 g/mol. The maximum absolute atomic E-state index is 12.4. The number of carbonyl (C=O) groups is 2. The highest BCUT2D eigenvalue weighted by molar-refractivity contribution is 6.31. The molecule has 1 aliphatic heterocycles. The Morgan fingerprint density at radius 2 is 1.93 bits per heavy atom. The molecule has 1 saturated carbocycles. The van der Waals surface area contributed by atoms with Crippen molar-refractivity contribution < 1.29 is 19.1 Å². The van der Waals surface area contributed by atoms with Crippen LogP contribution in [0.2, 0.25) is 5.02 Å². The van der Waals surface area contributed by atoms with E-state index in [4.69, 9.17) is 21.1 Å². The van der Waals surface area contributed by atoms with E-state index < -0.39 is 0 Å². The van der Waals surface area contributed by atoms with E-state index in [2.05, 4.69) is 10.2 Å². The van der Waals surface area contributed by atoms with Crippen molar-refractivity contribution in [3.63, 3.8) is 0 Å². The van der Waals surface area contributed by atoms with Gasteiger partial charge in [0.1, 0.15) is 5.75 Å². The second-order valence-electron chi connectivity index (χ2n) is 7.65. The number of rotatable bonds is 7. The van der Waals surface area contributed by atoms with Gasteiger partial charge in [-0.3, -0.25) is 14.5 Å². The summed E-state index contributed by atoms with van der Waals surface area (Å²) >= 11 is 5.95. The highest BCUT2D eigenvalue weighted by Crippen LogP contribution is 2.34. The summed E-state index contributed by atoms with van der Waals surface area (Å²) in [4.78, 5) is 26.7. The van der Waals surface area contributed by atoms with E-state index in [0.29, 0.717) is 22.9 Å². The Labute approximate surface area is 171 Å². The van der Waals surface area contributed by atoms with Gasteiger partial charge in [-0.25, -0.2) is 0 Å². The topological polar surface area (TPSA) is 67.9 Å². The van der Waals surface area contributed by atoms with Crippen LogP contribution >= 0.6 is 11.6 Å². The number of ether oxygens (including phenoxy) is 2. The number of hydrogen-bond acceptors (Lipinski definition) is 5. The summed E-state index contributed by atoms with van der Waals surface area (Å²) < 4.78 is 11.1. The summed E-state index contributed by atoms with van der Waals surface area (Å²) in [5.41, 5.74) is 0.403. The minimum absolute atomic E-state index is 0.0164. The molecule has 0 aromatic heterocycles. The van der Waals surface area contributed by atoms with E-state index in [-0.39, 0.29) is 23.8 Å². The van der Waals surface area contributed by atoms with Crippen molar-refractivity contribution >= 4 is 23.3 Å². The molecule has 0 radical (unpaired) electrons. The summed E-state index contributed by atoms with van der Waals surface area (Å²) in [6.07, 6.45) is 5.83. The van der Waals surface area contributed by atoms with Crippen molar-refractivity contribution in [3.8, 4) is 5.75 Å².